The van der Waals surface area contributed by atoms with Crippen LogP contribution in [0.3, 0.4) is 0 Å². The van der Waals surface area contributed by atoms with Gasteiger partial charge in [0.25, 0.3) is 0 Å². The van der Waals surface area contributed by atoms with E-state index >= 15 is 0 Å². The lowest BCUT2D eigenvalue weighted by Gasteiger charge is -2.21. The number of alkyl halides is 3. The second-order valence-corrected chi connectivity index (χ2v) is 5.27. The number of nitrogens with one attached hydrogen (secondary N) is 1. The fourth-order valence-electron chi connectivity index (χ4n) is 2.54. The highest BCUT2D eigenvalue weighted by atomic mass is 19.4. The molecule has 1 unspecified atom stereocenters. The minimum atomic E-state index is -4.43. The fourth-order valence-corrected chi connectivity index (χ4v) is 2.54. The quantitative estimate of drug-likeness (QED) is 0.734. The summed E-state index contributed by atoms with van der Waals surface area (Å²) in [4.78, 5) is 10.4. The second kappa shape index (κ2) is 7.72. The van der Waals surface area contributed by atoms with Gasteiger partial charge in [0.15, 0.2) is 0 Å². The molecule has 3 nitrogen and oxygen atoms in total. The number of aliphatic carboxylic acids is 1. The molecule has 0 aliphatic heterocycles. The molecule has 1 fully saturated rings. The Hall–Kier alpha value is -0.780. The lowest BCUT2D eigenvalue weighted by Crippen LogP contribution is -2.34. The topological polar surface area (TPSA) is 49.3 Å². The number of hydrogen-bond donors (Lipinski definition) is 2. The molecule has 1 saturated carbocycles. The maximum absolute atomic E-state index is 12.6. The summed E-state index contributed by atoms with van der Waals surface area (Å²) in [5.74, 6) is -3.14. The molecule has 112 valence electrons. The zero-order valence-electron chi connectivity index (χ0n) is 11.0. The van der Waals surface area contributed by atoms with Gasteiger partial charge in [0, 0.05) is 6.04 Å². The summed E-state index contributed by atoms with van der Waals surface area (Å²) < 4.78 is 37.9. The molecule has 0 radical (unpaired) electrons. The Morgan fingerprint density at radius 2 is 1.79 bits per heavy atom. The van der Waals surface area contributed by atoms with Gasteiger partial charge in [-0.15, -0.1) is 0 Å². The predicted octanol–water partition coefficient (Wildman–Crippen LogP) is 3.34. The van der Waals surface area contributed by atoms with E-state index in [1.807, 2.05) is 0 Å². The minimum absolute atomic E-state index is 0.160. The molecule has 2 N–H and O–H groups in total. The lowest BCUT2D eigenvalue weighted by atomic mass is 10.0. The fraction of sp³-hybridized carbons (Fsp3) is 0.923. The van der Waals surface area contributed by atoms with Crippen molar-refractivity contribution >= 4 is 5.97 Å². The van der Waals surface area contributed by atoms with Gasteiger partial charge in [0.1, 0.15) is 0 Å². The molecule has 0 aromatic carbocycles. The van der Waals surface area contributed by atoms with E-state index in [0.717, 1.165) is 25.7 Å². The van der Waals surface area contributed by atoms with Crippen molar-refractivity contribution < 1.29 is 23.1 Å². The molecule has 0 heterocycles. The van der Waals surface area contributed by atoms with Crippen molar-refractivity contribution in [2.45, 2.75) is 63.6 Å². The number of carboxylic acid groups (broad SMARTS) is 1. The van der Waals surface area contributed by atoms with Crippen molar-refractivity contribution in [2.75, 3.05) is 6.54 Å². The standard InChI is InChI=1S/C13H22F3NO2/c14-13(15,16)10(9-12(18)19)7-8-17-11-5-3-1-2-4-6-11/h10-11,17H,1-9H2,(H,18,19). The molecule has 1 rings (SSSR count). The first kappa shape index (κ1) is 16.3. The van der Waals surface area contributed by atoms with Crippen LogP contribution in [-0.4, -0.2) is 29.8 Å². The summed E-state index contributed by atoms with van der Waals surface area (Å²) in [6.07, 6.45) is 1.23. The molecule has 19 heavy (non-hydrogen) atoms. The highest BCUT2D eigenvalue weighted by Gasteiger charge is 2.40. The minimum Gasteiger partial charge on any atom is -0.481 e. The first-order valence-electron chi connectivity index (χ1n) is 6.91. The van der Waals surface area contributed by atoms with Gasteiger partial charge in [-0.25, -0.2) is 0 Å². The predicted molar refractivity (Wildman–Crippen MR) is 65.9 cm³/mol. The molecule has 0 saturated heterocycles. The van der Waals surface area contributed by atoms with Crippen LogP contribution in [0.4, 0.5) is 13.2 Å². The van der Waals surface area contributed by atoms with Crippen molar-refractivity contribution in [2.24, 2.45) is 5.92 Å². The van der Waals surface area contributed by atoms with Gasteiger partial charge in [-0.3, -0.25) is 4.79 Å². The molecule has 0 bridgehead atoms. The highest BCUT2D eigenvalue weighted by Crippen LogP contribution is 2.31. The van der Waals surface area contributed by atoms with E-state index < -0.39 is 24.5 Å². The maximum atomic E-state index is 12.6. The lowest BCUT2D eigenvalue weighted by molar-refractivity contribution is -0.184. The van der Waals surface area contributed by atoms with Crippen LogP contribution in [0.5, 0.6) is 0 Å². The van der Waals surface area contributed by atoms with E-state index in [1.165, 1.54) is 12.8 Å². The second-order valence-electron chi connectivity index (χ2n) is 5.27. The molecule has 1 aliphatic rings. The van der Waals surface area contributed by atoms with Crippen LogP contribution in [-0.2, 0) is 4.79 Å². The van der Waals surface area contributed by atoms with E-state index in [0.29, 0.717) is 6.04 Å². The SMILES string of the molecule is O=C(O)CC(CCNC1CCCCCC1)C(F)(F)F. The summed E-state index contributed by atoms with van der Waals surface area (Å²) in [5.41, 5.74) is 0. The van der Waals surface area contributed by atoms with E-state index in [4.69, 9.17) is 5.11 Å². The third-order valence-electron chi connectivity index (χ3n) is 3.66. The van der Waals surface area contributed by atoms with Gasteiger partial charge >= 0.3 is 12.1 Å². The molecule has 0 spiro atoms. The number of carboxylic acids is 1. The Balaban J connectivity index is 2.32. The van der Waals surface area contributed by atoms with Gasteiger partial charge in [0.05, 0.1) is 12.3 Å². The summed E-state index contributed by atoms with van der Waals surface area (Å²) in [6.45, 7) is 0.238. The van der Waals surface area contributed by atoms with Crippen molar-refractivity contribution in [1.29, 1.82) is 0 Å². The first-order valence-corrected chi connectivity index (χ1v) is 6.91. The number of carbonyl (C=O) groups is 1. The maximum Gasteiger partial charge on any atom is 0.392 e. The number of halogens is 3. The zero-order chi connectivity index (χ0) is 14.3. The largest absolute Gasteiger partial charge is 0.481 e. The molecular formula is C13H22F3NO2. The molecule has 1 aliphatic carbocycles. The Labute approximate surface area is 111 Å². The molecule has 1 atom stereocenters. The molecule has 0 aromatic heterocycles. The van der Waals surface area contributed by atoms with E-state index in [-0.39, 0.29) is 13.0 Å². The summed E-state index contributed by atoms with van der Waals surface area (Å²) in [5, 5.41) is 11.7. The number of hydrogen-bond acceptors (Lipinski definition) is 2. The summed E-state index contributed by atoms with van der Waals surface area (Å²) in [6, 6.07) is 0.293. The summed E-state index contributed by atoms with van der Waals surface area (Å²) >= 11 is 0. The van der Waals surface area contributed by atoms with E-state index in [2.05, 4.69) is 5.32 Å². The van der Waals surface area contributed by atoms with Gasteiger partial charge < -0.3 is 10.4 Å². The van der Waals surface area contributed by atoms with Gasteiger partial charge in [-0.1, -0.05) is 25.7 Å². The van der Waals surface area contributed by atoms with Gasteiger partial charge in [-0.2, -0.15) is 13.2 Å². The Morgan fingerprint density at radius 1 is 1.21 bits per heavy atom. The van der Waals surface area contributed by atoms with Crippen LogP contribution in [0.1, 0.15) is 51.4 Å². The average molecular weight is 281 g/mol. The van der Waals surface area contributed by atoms with E-state index in [1.54, 1.807) is 0 Å². The van der Waals surface area contributed by atoms with Crippen molar-refractivity contribution in [3.8, 4) is 0 Å². The Morgan fingerprint density at radius 3 is 2.26 bits per heavy atom. The monoisotopic (exact) mass is 281 g/mol. The first-order chi connectivity index (χ1) is 8.89. The molecule has 0 aromatic rings. The van der Waals surface area contributed by atoms with Crippen molar-refractivity contribution in [3.05, 3.63) is 0 Å². The van der Waals surface area contributed by atoms with Crippen LogP contribution in [0.25, 0.3) is 0 Å². The molecular weight excluding hydrogens is 259 g/mol. The smallest absolute Gasteiger partial charge is 0.392 e. The number of rotatable bonds is 6. The van der Waals surface area contributed by atoms with Crippen LogP contribution < -0.4 is 5.32 Å². The third kappa shape index (κ3) is 6.80. The van der Waals surface area contributed by atoms with Crippen LogP contribution in [0.15, 0.2) is 0 Å². The average Bonchev–Trinajstić information content (AvgIpc) is 2.54. The van der Waals surface area contributed by atoms with Crippen molar-refractivity contribution in [1.82, 2.24) is 5.32 Å². The molecule has 0 amide bonds. The third-order valence-corrected chi connectivity index (χ3v) is 3.66. The van der Waals surface area contributed by atoms with E-state index in [9.17, 15) is 18.0 Å². The molecule has 6 heteroatoms. The van der Waals surface area contributed by atoms with Crippen LogP contribution >= 0.6 is 0 Å². The normalized spacial score (nSPS) is 19.9. The highest BCUT2D eigenvalue weighted by molar-refractivity contribution is 5.67. The summed E-state index contributed by atoms with van der Waals surface area (Å²) in [7, 11) is 0. The van der Waals surface area contributed by atoms with Crippen LogP contribution in [0, 0.1) is 5.92 Å². The van der Waals surface area contributed by atoms with Crippen LogP contribution in [0.2, 0.25) is 0 Å². The Kier molecular flexibility index (Phi) is 6.62. The van der Waals surface area contributed by atoms with Gasteiger partial charge in [-0.05, 0) is 25.8 Å². The zero-order valence-corrected chi connectivity index (χ0v) is 11.0. The van der Waals surface area contributed by atoms with Gasteiger partial charge in [0.2, 0.25) is 0 Å². The Bertz CT molecular complexity index is 274. The van der Waals surface area contributed by atoms with Crippen molar-refractivity contribution in [3.63, 3.8) is 0 Å².